The molecule has 0 heterocycles. The Morgan fingerprint density at radius 2 is 1.79 bits per heavy atom. The fraction of sp³-hybridized carbons (Fsp3) is 0.259. The smallest absolute Gasteiger partial charge is 0.184 e. The van der Waals surface area contributed by atoms with Gasteiger partial charge >= 0.3 is 51.4 Å². The third-order valence-electron chi connectivity index (χ3n) is 5.62. The van der Waals surface area contributed by atoms with Gasteiger partial charge in [0.05, 0.1) is 0 Å². The Morgan fingerprint density at radius 3 is 2.50 bits per heavy atom. The molecule has 5 rings (SSSR count). The van der Waals surface area contributed by atoms with Crippen molar-refractivity contribution in [1.29, 1.82) is 0 Å². The molecule has 136 valence electrons. The molecule has 0 amide bonds. The summed E-state index contributed by atoms with van der Waals surface area (Å²) in [5.41, 5.74) is 10.3. The van der Waals surface area contributed by atoms with Gasteiger partial charge in [0.15, 0.2) is 0 Å². The molecule has 0 aromatic heterocycles. The predicted molar refractivity (Wildman–Crippen MR) is 115 cm³/mol. The van der Waals surface area contributed by atoms with Gasteiger partial charge in [0.2, 0.25) is 0 Å². The van der Waals surface area contributed by atoms with Crippen molar-refractivity contribution in [3.63, 3.8) is 0 Å². The molecule has 0 spiro atoms. The summed E-state index contributed by atoms with van der Waals surface area (Å²) in [7, 11) is 0. The largest absolute Gasteiger partial charge is 1.00 e. The van der Waals surface area contributed by atoms with E-state index in [-0.39, 0.29) is 51.4 Å². The average Bonchev–Trinajstić information content (AvgIpc) is 2.73. The van der Waals surface area contributed by atoms with Crippen molar-refractivity contribution >= 4 is 0 Å². The van der Waals surface area contributed by atoms with Crippen LogP contribution in [-0.4, -0.2) is 0 Å². The van der Waals surface area contributed by atoms with Crippen LogP contribution >= 0.6 is 0 Å². The number of hydrogen-bond acceptors (Lipinski definition) is 0. The van der Waals surface area contributed by atoms with E-state index in [9.17, 15) is 0 Å². The van der Waals surface area contributed by atoms with Crippen molar-refractivity contribution in [2.45, 2.75) is 39.5 Å². The van der Waals surface area contributed by atoms with E-state index >= 15 is 0 Å². The number of hydrogen-bond donors (Lipinski definition) is 0. The topological polar surface area (TPSA) is 0 Å². The van der Waals surface area contributed by atoms with Crippen LogP contribution in [0.2, 0.25) is 0 Å². The number of allylic oxidation sites excluding steroid dienone is 14. The first-order valence-corrected chi connectivity index (χ1v) is 10.2. The minimum absolute atomic E-state index is 0. The first-order chi connectivity index (χ1) is 13.3. The molecule has 1 aromatic rings. The molecule has 0 radical (unpaired) electrons. The summed E-state index contributed by atoms with van der Waals surface area (Å²) in [4.78, 5) is 0. The summed E-state index contributed by atoms with van der Waals surface area (Å²) in [6.07, 6.45) is 23.3. The SMILES string of the molecule is CCCC1=CC2=CC=C3C=CCC4=C3C2C(=C1)C=C4.CCc1cc[c-]cc1.[K+]. The molecule has 0 nitrogen and oxygen atoms in total. The van der Waals surface area contributed by atoms with Crippen molar-refractivity contribution in [3.05, 3.63) is 118 Å². The van der Waals surface area contributed by atoms with Gasteiger partial charge in [-0.05, 0) is 46.3 Å². The van der Waals surface area contributed by atoms with E-state index < -0.39 is 0 Å². The maximum Gasteiger partial charge on any atom is 1.00 e. The molecule has 1 heteroatoms. The second-order valence-corrected chi connectivity index (χ2v) is 7.48. The van der Waals surface area contributed by atoms with Gasteiger partial charge in [0.1, 0.15) is 0 Å². The quantitative estimate of drug-likeness (QED) is 0.540. The molecular formula is C27H27K. The molecule has 0 aliphatic heterocycles. The normalized spacial score (nSPS) is 20.6. The minimum Gasteiger partial charge on any atom is -0.184 e. The Kier molecular flexibility index (Phi) is 7.90. The Labute approximate surface area is 212 Å². The Hall–Kier alpha value is -0.964. The van der Waals surface area contributed by atoms with Gasteiger partial charge in [0.25, 0.3) is 0 Å². The van der Waals surface area contributed by atoms with Crippen LogP contribution in [0.5, 0.6) is 0 Å². The van der Waals surface area contributed by atoms with Crippen molar-refractivity contribution in [2.75, 3.05) is 0 Å². The number of benzene rings is 1. The fourth-order valence-electron chi connectivity index (χ4n) is 4.28. The fourth-order valence-corrected chi connectivity index (χ4v) is 4.28. The summed E-state index contributed by atoms with van der Waals surface area (Å²) in [5.74, 6) is 0.505. The number of aryl methyl sites for hydroxylation is 1. The molecule has 0 N–H and O–H groups in total. The van der Waals surface area contributed by atoms with Gasteiger partial charge in [-0.1, -0.05) is 75.3 Å². The van der Waals surface area contributed by atoms with Crippen LogP contribution in [0.1, 0.15) is 38.7 Å². The first-order valence-electron chi connectivity index (χ1n) is 10.2. The Morgan fingerprint density at radius 1 is 0.964 bits per heavy atom. The summed E-state index contributed by atoms with van der Waals surface area (Å²) in [6, 6.07) is 11.0. The van der Waals surface area contributed by atoms with Crippen LogP contribution in [0.3, 0.4) is 0 Å². The van der Waals surface area contributed by atoms with E-state index in [4.69, 9.17) is 0 Å². The van der Waals surface area contributed by atoms with Crippen molar-refractivity contribution in [3.8, 4) is 0 Å². The van der Waals surface area contributed by atoms with E-state index in [1.807, 2.05) is 12.1 Å². The van der Waals surface area contributed by atoms with Gasteiger partial charge < -0.3 is 0 Å². The van der Waals surface area contributed by atoms with Gasteiger partial charge in [-0.25, -0.2) is 0 Å². The van der Waals surface area contributed by atoms with Crippen molar-refractivity contribution < 1.29 is 51.4 Å². The standard InChI is InChI=1S/C19H18.C8H9.K/c1-2-4-13-11-16-9-7-14-5-3-6-15-8-10-17(12-13)19(16)18(14)15;1-2-8-6-4-3-5-7-8;/h3,5,7-12,19H,2,4,6H2,1H3;4-7H,2H2,1H3;/q;-1;+1. The summed E-state index contributed by atoms with van der Waals surface area (Å²) < 4.78 is 0. The second kappa shape index (κ2) is 10.2. The van der Waals surface area contributed by atoms with Crippen molar-refractivity contribution in [2.24, 2.45) is 5.92 Å². The van der Waals surface area contributed by atoms with Crippen LogP contribution < -0.4 is 51.4 Å². The van der Waals surface area contributed by atoms with E-state index in [2.05, 4.69) is 80.7 Å². The minimum atomic E-state index is 0. The first kappa shape index (κ1) is 21.7. The zero-order valence-electron chi connectivity index (χ0n) is 17.3. The zero-order valence-corrected chi connectivity index (χ0v) is 20.5. The Bertz CT molecular complexity index is 930. The second-order valence-electron chi connectivity index (χ2n) is 7.48. The van der Waals surface area contributed by atoms with Crippen molar-refractivity contribution in [1.82, 2.24) is 0 Å². The van der Waals surface area contributed by atoms with Crippen LogP contribution in [0.15, 0.2) is 106 Å². The average molecular weight is 391 g/mol. The third-order valence-corrected chi connectivity index (χ3v) is 5.62. The Balaban J connectivity index is 0.000000213. The molecular weight excluding hydrogens is 363 g/mol. The van der Waals surface area contributed by atoms with E-state index in [1.54, 1.807) is 5.57 Å². The zero-order chi connectivity index (χ0) is 18.6. The maximum atomic E-state index is 2.97. The molecule has 28 heavy (non-hydrogen) atoms. The van der Waals surface area contributed by atoms with Crippen LogP contribution in [0, 0.1) is 12.0 Å². The number of rotatable bonds is 3. The van der Waals surface area contributed by atoms with Gasteiger partial charge in [-0.2, -0.15) is 35.9 Å². The molecule has 4 aliphatic carbocycles. The van der Waals surface area contributed by atoms with E-state index in [0.29, 0.717) is 5.92 Å². The summed E-state index contributed by atoms with van der Waals surface area (Å²) in [5, 5.41) is 0. The monoisotopic (exact) mass is 390 g/mol. The molecule has 4 aliphatic rings. The maximum absolute atomic E-state index is 2.97. The third kappa shape index (κ3) is 4.61. The van der Waals surface area contributed by atoms with E-state index in [0.717, 1.165) is 12.8 Å². The van der Waals surface area contributed by atoms with Crippen LogP contribution in [-0.2, 0) is 6.42 Å². The molecule has 0 saturated carbocycles. The van der Waals surface area contributed by atoms with E-state index in [1.165, 1.54) is 46.3 Å². The van der Waals surface area contributed by atoms with Gasteiger partial charge in [-0.15, -0.1) is 0 Å². The molecule has 1 atom stereocenters. The molecule has 0 saturated heterocycles. The van der Waals surface area contributed by atoms with Crippen LogP contribution in [0.25, 0.3) is 0 Å². The summed E-state index contributed by atoms with van der Waals surface area (Å²) in [6.45, 7) is 4.40. The van der Waals surface area contributed by atoms with Gasteiger partial charge in [0, 0.05) is 5.92 Å². The molecule has 0 fully saturated rings. The predicted octanol–water partition coefficient (Wildman–Crippen LogP) is 4.01. The van der Waals surface area contributed by atoms with Gasteiger partial charge in [-0.3, -0.25) is 0 Å². The summed E-state index contributed by atoms with van der Waals surface area (Å²) >= 11 is 0. The van der Waals surface area contributed by atoms with Crippen LogP contribution in [0.4, 0.5) is 0 Å². The molecule has 1 unspecified atom stereocenters. The molecule has 0 bridgehead atoms. The molecule has 1 aromatic carbocycles.